The number of nitrogens with one attached hydrogen (secondary N) is 1. The monoisotopic (exact) mass is 435 g/mol. The second kappa shape index (κ2) is 7.69. The maximum absolute atomic E-state index is 12.4. The normalized spacial score (nSPS) is 17.0. The number of ether oxygens (including phenoxy) is 1. The van der Waals surface area contributed by atoms with Crippen molar-refractivity contribution in [1.82, 2.24) is 9.97 Å². The summed E-state index contributed by atoms with van der Waals surface area (Å²) < 4.78 is 29.8. The Bertz CT molecular complexity index is 1120. The Morgan fingerprint density at radius 1 is 1.29 bits per heavy atom. The maximum Gasteiger partial charge on any atom is 0.259 e. The lowest BCUT2D eigenvalue weighted by Gasteiger charge is -2.11. The zero-order valence-corrected chi connectivity index (χ0v) is 17.4. The van der Waals surface area contributed by atoms with E-state index in [4.69, 9.17) is 4.74 Å². The zero-order valence-electron chi connectivity index (χ0n) is 14.9. The van der Waals surface area contributed by atoms with Crippen molar-refractivity contribution in [2.24, 2.45) is 0 Å². The minimum Gasteiger partial charge on any atom is -0.473 e. The Morgan fingerprint density at radius 2 is 2.14 bits per heavy atom. The molecule has 7 nitrogen and oxygen atoms in total. The molecule has 1 amide bonds. The topological polar surface area (TPSA) is 98.2 Å². The van der Waals surface area contributed by atoms with E-state index in [2.05, 4.69) is 15.3 Å². The zero-order chi connectivity index (χ0) is 19.7. The molecule has 2 aromatic heterocycles. The molecule has 1 atom stereocenters. The van der Waals surface area contributed by atoms with Crippen molar-refractivity contribution in [1.29, 1.82) is 0 Å². The van der Waals surface area contributed by atoms with E-state index in [0.717, 1.165) is 24.2 Å². The lowest BCUT2D eigenvalue weighted by Crippen LogP contribution is -2.16. The Morgan fingerprint density at radius 3 is 2.82 bits per heavy atom. The number of nitrogens with zero attached hydrogens (tertiary/aromatic N) is 2. The molecule has 0 bridgehead atoms. The van der Waals surface area contributed by atoms with Gasteiger partial charge in [-0.05, 0) is 36.4 Å². The number of carbonyl (C=O) groups excluding carboxylic acids is 1. The molecule has 1 fully saturated rings. The van der Waals surface area contributed by atoms with E-state index in [1.54, 1.807) is 24.3 Å². The van der Waals surface area contributed by atoms with Crippen LogP contribution >= 0.6 is 23.1 Å². The SMILES string of the molecule is CS(=O)(=O)c1ccc2nc(NC(=O)c3ccc(OC4CCSC4)nc3)sc2c1. The number of thioether (sulfide) groups is 1. The summed E-state index contributed by atoms with van der Waals surface area (Å²) in [5.74, 6) is 2.23. The van der Waals surface area contributed by atoms with E-state index >= 15 is 0 Å². The van der Waals surface area contributed by atoms with E-state index in [9.17, 15) is 13.2 Å². The first-order valence-electron chi connectivity index (χ1n) is 8.51. The molecule has 0 spiro atoms. The summed E-state index contributed by atoms with van der Waals surface area (Å²) >= 11 is 3.08. The molecule has 4 rings (SSSR count). The third-order valence-electron chi connectivity index (χ3n) is 4.18. The van der Waals surface area contributed by atoms with Gasteiger partial charge in [0, 0.05) is 24.3 Å². The molecule has 0 saturated carbocycles. The van der Waals surface area contributed by atoms with Crippen LogP contribution in [0.25, 0.3) is 10.2 Å². The van der Waals surface area contributed by atoms with E-state index < -0.39 is 9.84 Å². The van der Waals surface area contributed by atoms with Crippen molar-refractivity contribution in [2.45, 2.75) is 17.4 Å². The Kier molecular flexibility index (Phi) is 5.26. The number of hydrogen-bond acceptors (Lipinski definition) is 8. The molecule has 3 aromatic rings. The first-order valence-corrected chi connectivity index (χ1v) is 12.4. The van der Waals surface area contributed by atoms with Gasteiger partial charge in [0.25, 0.3) is 5.91 Å². The van der Waals surface area contributed by atoms with E-state index in [1.165, 1.54) is 23.6 Å². The molecule has 1 N–H and O–H groups in total. The number of carbonyl (C=O) groups is 1. The number of pyridine rings is 1. The number of benzene rings is 1. The van der Waals surface area contributed by atoms with Crippen molar-refractivity contribution in [3.8, 4) is 5.88 Å². The predicted octanol–water partition coefficient (Wildman–Crippen LogP) is 3.23. The number of fused-ring (bicyclic) bond motifs is 1. The van der Waals surface area contributed by atoms with Gasteiger partial charge in [0.15, 0.2) is 15.0 Å². The van der Waals surface area contributed by atoms with Gasteiger partial charge >= 0.3 is 0 Å². The van der Waals surface area contributed by atoms with Crippen LogP contribution in [0.4, 0.5) is 5.13 Å². The molecule has 146 valence electrons. The fourth-order valence-corrected chi connectivity index (χ4v) is 5.44. The van der Waals surface area contributed by atoms with Gasteiger partial charge in [-0.15, -0.1) is 0 Å². The highest BCUT2D eigenvalue weighted by molar-refractivity contribution is 7.99. The fraction of sp³-hybridized carbons (Fsp3) is 0.278. The number of anilines is 1. The highest BCUT2D eigenvalue weighted by Gasteiger charge is 2.18. The van der Waals surface area contributed by atoms with Crippen molar-refractivity contribution in [3.63, 3.8) is 0 Å². The van der Waals surface area contributed by atoms with E-state index in [0.29, 0.717) is 26.8 Å². The van der Waals surface area contributed by atoms with Crippen LogP contribution in [0.2, 0.25) is 0 Å². The van der Waals surface area contributed by atoms with Crippen LogP contribution in [-0.4, -0.2) is 48.2 Å². The summed E-state index contributed by atoms with van der Waals surface area (Å²) in [6.07, 6.45) is 3.82. The summed E-state index contributed by atoms with van der Waals surface area (Å²) in [7, 11) is -3.29. The molecule has 3 heterocycles. The molecule has 1 saturated heterocycles. The summed E-state index contributed by atoms with van der Waals surface area (Å²) in [5.41, 5.74) is 1.02. The van der Waals surface area contributed by atoms with Gasteiger partial charge in [-0.3, -0.25) is 10.1 Å². The third-order valence-corrected chi connectivity index (χ3v) is 7.36. The molecule has 1 aromatic carbocycles. The number of amides is 1. The third kappa shape index (κ3) is 4.29. The number of aromatic nitrogens is 2. The largest absolute Gasteiger partial charge is 0.473 e. The standard InChI is InChI=1S/C18H17N3O4S3/c1-28(23,24)13-3-4-14-15(8-13)27-18(20-14)21-17(22)11-2-5-16(19-9-11)25-12-6-7-26-10-12/h2-5,8-9,12H,6-7,10H2,1H3,(H,20,21,22). The highest BCUT2D eigenvalue weighted by Crippen LogP contribution is 2.28. The Hall–Kier alpha value is -2.17. The van der Waals surface area contributed by atoms with Crippen LogP contribution in [0.15, 0.2) is 41.4 Å². The minimum atomic E-state index is -3.29. The van der Waals surface area contributed by atoms with Crippen molar-refractivity contribution >= 4 is 54.2 Å². The summed E-state index contributed by atoms with van der Waals surface area (Å²) in [4.78, 5) is 21.2. The molecule has 0 radical (unpaired) electrons. The molecule has 0 aliphatic carbocycles. The number of rotatable bonds is 5. The highest BCUT2D eigenvalue weighted by atomic mass is 32.2. The van der Waals surface area contributed by atoms with Crippen LogP contribution in [-0.2, 0) is 9.84 Å². The number of sulfone groups is 1. The smallest absolute Gasteiger partial charge is 0.259 e. The molecular formula is C18H17N3O4S3. The van der Waals surface area contributed by atoms with Crippen LogP contribution in [0, 0.1) is 0 Å². The fourth-order valence-electron chi connectivity index (χ4n) is 2.72. The van der Waals surface area contributed by atoms with E-state index in [-0.39, 0.29) is 16.9 Å². The van der Waals surface area contributed by atoms with Gasteiger partial charge < -0.3 is 4.74 Å². The van der Waals surface area contributed by atoms with Crippen molar-refractivity contribution < 1.29 is 17.9 Å². The molecule has 10 heteroatoms. The molecular weight excluding hydrogens is 418 g/mol. The van der Waals surface area contributed by atoms with Gasteiger partial charge in [-0.25, -0.2) is 18.4 Å². The Balaban J connectivity index is 1.46. The number of hydrogen-bond donors (Lipinski definition) is 1. The summed E-state index contributed by atoms with van der Waals surface area (Å²) in [6.45, 7) is 0. The second-order valence-corrected chi connectivity index (χ2v) is 10.6. The lowest BCUT2D eigenvalue weighted by atomic mass is 10.2. The minimum absolute atomic E-state index is 0.178. The Labute approximate surface area is 170 Å². The summed E-state index contributed by atoms with van der Waals surface area (Å²) in [5, 5.41) is 3.13. The maximum atomic E-state index is 12.4. The van der Waals surface area contributed by atoms with E-state index in [1.807, 2.05) is 11.8 Å². The average Bonchev–Trinajstić information content (AvgIpc) is 3.29. The molecule has 1 aliphatic rings. The van der Waals surface area contributed by atoms with Crippen LogP contribution in [0.3, 0.4) is 0 Å². The van der Waals surface area contributed by atoms with Crippen LogP contribution in [0.1, 0.15) is 16.8 Å². The van der Waals surface area contributed by atoms with Gasteiger partial charge in [0.2, 0.25) is 5.88 Å². The van der Waals surface area contributed by atoms with Crippen LogP contribution < -0.4 is 10.1 Å². The summed E-state index contributed by atoms with van der Waals surface area (Å²) in [6, 6.07) is 8.05. The quantitative estimate of drug-likeness (QED) is 0.657. The van der Waals surface area contributed by atoms with Gasteiger partial charge in [-0.1, -0.05) is 11.3 Å². The lowest BCUT2D eigenvalue weighted by molar-refractivity contribution is 0.102. The molecule has 1 unspecified atom stereocenters. The van der Waals surface area contributed by atoms with Gasteiger partial charge in [0.05, 0.1) is 20.7 Å². The van der Waals surface area contributed by atoms with Crippen LogP contribution in [0.5, 0.6) is 5.88 Å². The first-order chi connectivity index (χ1) is 13.4. The van der Waals surface area contributed by atoms with Gasteiger partial charge in [0.1, 0.15) is 6.10 Å². The first kappa shape index (κ1) is 19.2. The van der Waals surface area contributed by atoms with Crippen molar-refractivity contribution in [3.05, 3.63) is 42.1 Å². The number of thiazole rings is 1. The predicted molar refractivity (Wildman–Crippen MR) is 111 cm³/mol. The van der Waals surface area contributed by atoms with Crippen molar-refractivity contribution in [2.75, 3.05) is 23.1 Å². The molecule has 28 heavy (non-hydrogen) atoms. The second-order valence-electron chi connectivity index (χ2n) is 6.36. The average molecular weight is 436 g/mol. The molecule has 1 aliphatic heterocycles. The van der Waals surface area contributed by atoms with Gasteiger partial charge in [-0.2, -0.15) is 11.8 Å².